The lowest BCUT2D eigenvalue weighted by Gasteiger charge is -2.20. The SMILES string of the molecule is CCCCCCCCCCCCCCOCC(CNC(=O)[C@@H](N)CC(=O)O)OCCCCCCCCCCCCCC.Cl. The Balaban J connectivity index is 0. The molecule has 1 amide bonds. The summed E-state index contributed by atoms with van der Waals surface area (Å²) in [6, 6.07) is -1.05. The van der Waals surface area contributed by atoms with Crippen molar-refractivity contribution in [2.45, 2.75) is 187 Å². The first-order valence-corrected chi connectivity index (χ1v) is 18.0. The molecular weight excluding hydrogens is 564 g/mol. The van der Waals surface area contributed by atoms with E-state index in [1.54, 1.807) is 0 Å². The number of ether oxygens (including phenoxy) is 2. The van der Waals surface area contributed by atoms with Crippen molar-refractivity contribution in [2.75, 3.05) is 26.4 Å². The normalized spacial score (nSPS) is 12.5. The van der Waals surface area contributed by atoms with Crippen LogP contribution in [0.5, 0.6) is 0 Å². The number of rotatable bonds is 34. The number of carboxylic acid groups (broad SMARTS) is 1. The van der Waals surface area contributed by atoms with E-state index in [9.17, 15) is 9.59 Å². The summed E-state index contributed by atoms with van der Waals surface area (Å²) in [5.41, 5.74) is 5.70. The molecule has 258 valence electrons. The number of carboxylic acids is 1. The van der Waals surface area contributed by atoms with Crippen LogP contribution in [0.4, 0.5) is 0 Å². The van der Waals surface area contributed by atoms with Gasteiger partial charge in [0.25, 0.3) is 0 Å². The van der Waals surface area contributed by atoms with Gasteiger partial charge in [0.1, 0.15) is 0 Å². The van der Waals surface area contributed by atoms with Gasteiger partial charge in [-0.2, -0.15) is 0 Å². The average Bonchev–Trinajstić information content (AvgIpc) is 2.97. The molecule has 0 aromatic heterocycles. The van der Waals surface area contributed by atoms with Crippen molar-refractivity contribution in [3.05, 3.63) is 0 Å². The van der Waals surface area contributed by atoms with Gasteiger partial charge in [0.05, 0.1) is 25.2 Å². The van der Waals surface area contributed by atoms with Crippen LogP contribution in [0, 0.1) is 0 Å². The maximum Gasteiger partial charge on any atom is 0.305 e. The minimum atomic E-state index is -1.08. The molecule has 0 heterocycles. The lowest BCUT2D eigenvalue weighted by molar-refractivity contribution is -0.139. The van der Waals surface area contributed by atoms with Crippen molar-refractivity contribution in [1.82, 2.24) is 5.32 Å². The number of nitrogens with two attached hydrogens (primary N) is 1. The third-order valence-electron chi connectivity index (χ3n) is 8.03. The van der Waals surface area contributed by atoms with E-state index < -0.39 is 17.9 Å². The average molecular weight is 635 g/mol. The second-order valence-corrected chi connectivity index (χ2v) is 12.3. The van der Waals surface area contributed by atoms with Gasteiger partial charge in [-0.25, -0.2) is 0 Å². The second kappa shape index (κ2) is 35.6. The number of nitrogens with one attached hydrogen (secondary N) is 1. The number of carbonyl (C=O) groups is 2. The lowest BCUT2D eigenvalue weighted by Crippen LogP contribution is -2.45. The first-order chi connectivity index (χ1) is 20.5. The molecule has 1 unspecified atom stereocenters. The van der Waals surface area contributed by atoms with Crippen LogP contribution in [-0.2, 0) is 19.1 Å². The van der Waals surface area contributed by atoms with E-state index in [0.29, 0.717) is 19.8 Å². The number of hydrogen-bond acceptors (Lipinski definition) is 5. The molecule has 0 aliphatic rings. The second-order valence-electron chi connectivity index (χ2n) is 12.3. The molecule has 0 fully saturated rings. The van der Waals surface area contributed by atoms with Gasteiger partial charge in [0.15, 0.2) is 0 Å². The molecule has 0 spiro atoms. The summed E-state index contributed by atoms with van der Waals surface area (Å²) < 4.78 is 12.0. The van der Waals surface area contributed by atoms with Gasteiger partial charge < -0.3 is 25.6 Å². The summed E-state index contributed by atoms with van der Waals surface area (Å²) in [4.78, 5) is 23.0. The topological polar surface area (TPSA) is 111 Å². The zero-order valence-corrected chi connectivity index (χ0v) is 29.0. The van der Waals surface area contributed by atoms with Gasteiger partial charge in [-0.05, 0) is 12.8 Å². The van der Waals surface area contributed by atoms with E-state index >= 15 is 0 Å². The number of aliphatic carboxylic acids is 1. The van der Waals surface area contributed by atoms with E-state index in [1.807, 2.05) is 0 Å². The Morgan fingerprint density at radius 1 is 0.628 bits per heavy atom. The number of halogens is 1. The highest BCUT2D eigenvalue weighted by molar-refractivity contribution is 5.86. The number of unbranched alkanes of at least 4 members (excludes halogenated alkanes) is 22. The van der Waals surface area contributed by atoms with E-state index in [2.05, 4.69) is 19.2 Å². The van der Waals surface area contributed by atoms with Crippen LogP contribution in [0.25, 0.3) is 0 Å². The van der Waals surface area contributed by atoms with Gasteiger partial charge in [0.2, 0.25) is 5.91 Å². The highest BCUT2D eigenvalue weighted by Gasteiger charge is 2.19. The largest absolute Gasteiger partial charge is 0.481 e. The van der Waals surface area contributed by atoms with Crippen LogP contribution in [0.2, 0.25) is 0 Å². The highest BCUT2D eigenvalue weighted by atomic mass is 35.5. The fourth-order valence-corrected chi connectivity index (χ4v) is 5.25. The predicted octanol–water partition coefficient (Wildman–Crippen LogP) is 9.13. The molecule has 2 atom stereocenters. The van der Waals surface area contributed by atoms with Crippen LogP contribution < -0.4 is 11.1 Å². The first kappa shape index (κ1) is 44.2. The Kier molecular flexibility index (Phi) is 36.6. The molecule has 0 radical (unpaired) electrons. The Morgan fingerprint density at radius 2 is 1.00 bits per heavy atom. The summed E-state index contributed by atoms with van der Waals surface area (Å²) in [5.74, 6) is -1.54. The van der Waals surface area contributed by atoms with Crippen molar-refractivity contribution < 1.29 is 24.2 Å². The molecule has 0 bridgehead atoms. The third-order valence-corrected chi connectivity index (χ3v) is 8.03. The smallest absolute Gasteiger partial charge is 0.305 e. The Hall–Kier alpha value is -0.890. The third kappa shape index (κ3) is 33.8. The van der Waals surface area contributed by atoms with Gasteiger partial charge in [-0.15, -0.1) is 12.4 Å². The van der Waals surface area contributed by atoms with Gasteiger partial charge in [0, 0.05) is 19.8 Å². The monoisotopic (exact) mass is 635 g/mol. The Morgan fingerprint density at radius 3 is 1.40 bits per heavy atom. The number of amides is 1. The maximum atomic E-state index is 12.2. The molecule has 7 nitrogen and oxygen atoms in total. The molecule has 0 rings (SSSR count). The molecule has 0 aromatic rings. The highest BCUT2D eigenvalue weighted by Crippen LogP contribution is 2.13. The first-order valence-electron chi connectivity index (χ1n) is 18.0. The standard InChI is InChI=1S/C35H70N2O5.ClH/c1-3-5-7-9-11-13-15-17-19-21-23-25-27-41-31-32(30-37-35(40)33(36)29-34(38)39)42-28-26-24-22-20-18-16-14-12-10-8-6-4-2;/h32-33H,3-31,36H2,1-2H3,(H,37,40)(H,38,39);1H/t32?,33-;/m0./s1. The van der Waals surface area contributed by atoms with Gasteiger partial charge >= 0.3 is 5.97 Å². The quantitative estimate of drug-likeness (QED) is 0.0609. The summed E-state index contributed by atoms with van der Waals surface area (Å²) in [6.45, 7) is 6.57. The summed E-state index contributed by atoms with van der Waals surface area (Å²) in [6.07, 6.45) is 30.7. The van der Waals surface area contributed by atoms with Crippen molar-refractivity contribution >= 4 is 24.3 Å². The zero-order chi connectivity index (χ0) is 30.9. The van der Waals surface area contributed by atoms with Gasteiger partial charge in [-0.3, -0.25) is 9.59 Å². The summed E-state index contributed by atoms with van der Waals surface area (Å²) in [7, 11) is 0. The van der Waals surface area contributed by atoms with Crippen LogP contribution in [-0.4, -0.2) is 55.5 Å². The fraction of sp³-hybridized carbons (Fsp3) is 0.943. The van der Waals surface area contributed by atoms with Crippen molar-refractivity contribution in [3.63, 3.8) is 0 Å². The minimum Gasteiger partial charge on any atom is -0.481 e. The van der Waals surface area contributed by atoms with Crippen LogP contribution in [0.1, 0.15) is 174 Å². The number of hydrogen-bond donors (Lipinski definition) is 3. The number of carbonyl (C=O) groups excluding carboxylic acids is 1. The summed E-state index contributed by atoms with van der Waals surface area (Å²) >= 11 is 0. The summed E-state index contributed by atoms with van der Waals surface area (Å²) in [5, 5.41) is 11.6. The van der Waals surface area contributed by atoms with E-state index in [0.717, 1.165) is 19.3 Å². The fourth-order valence-electron chi connectivity index (χ4n) is 5.25. The maximum absolute atomic E-state index is 12.2. The van der Waals surface area contributed by atoms with E-state index in [-0.39, 0.29) is 31.5 Å². The molecule has 0 aliphatic heterocycles. The van der Waals surface area contributed by atoms with Crippen molar-refractivity contribution in [3.8, 4) is 0 Å². The van der Waals surface area contributed by atoms with Crippen molar-refractivity contribution in [1.29, 1.82) is 0 Å². The molecule has 0 saturated heterocycles. The predicted molar refractivity (Wildman–Crippen MR) is 183 cm³/mol. The molecule has 8 heteroatoms. The van der Waals surface area contributed by atoms with E-state index in [1.165, 1.54) is 135 Å². The Bertz CT molecular complexity index is 597. The van der Waals surface area contributed by atoms with Crippen LogP contribution >= 0.6 is 12.4 Å². The molecular formula is C35H71ClN2O5. The minimum absolute atomic E-state index is 0. The van der Waals surface area contributed by atoms with Gasteiger partial charge in [-0.1, -0.05) is 155 Å². The van der Waals surface area contributed by atoms with Crippen molar-refractivity contribution in [2.24, 2.45) is 5.73 Å². The molecule has 0 aromatic carbocycles. The van der Waals surface area contributed by atoms with E-state index in [4.69, 9.17) is 20.3 Å². The van der Waals surface area contributed by atoms with Crippen LogP contribution in [0.3, 0.4) is 0 Å². The lowest BCUT2D eigenvalue weighted by atomic mass is 10.1. The van der Waals surface area contributed by atoms with Crippen LogP contribution in [0.15, 0.2) is 0 Å². The molecule has 0 saturated carbocycles. The molecule has 43 heavy (non-hydrogen) atoms. The zero-order valence-electron chi connectivity index (χ0n) is 28.2. The molecule has 4 N–H and O–H groups in total. The Labute approximate surface area is 272 Å². The molecule has 0 aliphatic carbocycles.